The molecule has 0 bridgehead atoms. The topological polar surface area (TPSA) is 79.2 Å². The van der Waals surface area contributed by atoms with Gasteiger partial charge in [0.1, 0.15) is 24.4 Å². The molecule has 0 aromatic carbocycles. The fourth-order valence-electron chi connectivity index (χ4n) is 3.70. The second kappa shape index (κ2) is 17.4. The van der Waals surface area contributed by atoms with E-state index in [-0.39, 0.29) is 13.2 Å². The minimum Gasteiger partial charge on any atom is -0.394 e. The number of hydrogen-bond acceptors (Lipinski definition) is 5. The van der Waals surface area contributed by atoms with Crippen LogP contribution in [0.25, 0.3) is 0 Å². The molecule has 166 valence electrons. The number of unbranched alkanes of at least 4 members (excludes halogenated alkanes) is 12. The maximum atomic E-state index is 10.00. The van der Waals surface area contributed by atoms with Crippen molar-refractivity contribution in [1.82, 2.24) is 0 Å². The van der Waals surface area contributed by atoms with E-state index in [1.807, 2.05) is 0 Å². The first kappa shape index (κ1) is 25.6. The zero-order chi connectivity index (χ0) is 20.5. The minimum atomic E-state index is -1.08. The maximum Gasteiger partial charge on any atom is 0.111 e. The van der Waals surface area contributed by atoms with E-state index in [2.05, 4.69) is 19.1 Å². The Labute approximate surface area is 172 Å². The molecule has 1 aliphatic rings. The van der Waals surface area contributed by atoms with Gasteiger partial charge in [-0.05, 0) is 26.2 Å². The monoisotopic (exact) mass is 400 g/mol. The fraction of sp³-hybridized carbons (Fsp3) is 0.913. The van der Waals surface area contributed by atoms with E-state index in [1.54, 1.807) is 0 Å². The fourth-order valence-corrected chi connectivity index (χ4v) is 3.70. The molecule has 0 amide bonds. The standard InChI is InChI=1S/C23H44O5/c1-2-3-4-5-6-7-8-9-10-11-12-13-14-15-16-17-27-21-19-28-20(18-24)22(25)23(21)26/h2-3,20-26H,4-19H2,1H3/b3-2+/t20-,21+,22-,23-/m0/s1. The van der Waals surface area contributed by atoms with Gasteiger partial charge in [0.05, 0.1) is 13.2 Å². The minimum absolute atomic E-state index is 0.221. The van der Waals surface area contributed by atoms with Crippen LogP contribution in [0.2, 0.25) is 0 Å². The number of ether oxygens (including phenoxy) is 2. The second-order valence-electron chi connectivity index (χ2n) is 8.05. The first-order valence-corrected chi connectivity index (χ1v) is 11.5. The third-order valence-electron chi connectivity index (χ3n) is 5.60. The summed E-state index contributed by atoms with van der Waals surface area (Å²) in [6, 6.07) is 0. The Hall–Kier alpha value is -0.460. The lowest BCUT2D eigenvalue weighted by atomic mass is 10.0. The van der Waals surface area contributed by atoms with Crippen molar-refractivity contribution >= 4 is 0 Å². The van der Waals surface area contributed by atoms with Crippen LogP contribution in [-0.2, 0) is 9.47 Å². The van der Waals surface area contributed by atoms with Crippen LogP contribution in [0.3, 0.4) is 0 Å². The smallest absolute Gasteiger partial charge is 0.111 e. The Morgan fingerprint density at radius 3 is 1.89 bits per heavy atom. The average molecular weight is 401 g/mol. The predicted octanol–water partition coefficient (Wildman–Crippen LogP) is 4.13. The molecule has 1 saturated heterocycles. The first-order valence-electron chi connectivity index (χ1n) is 11.5. The molecule has 5 heteroatoms. The van der Waals surface area contributed by atoms with Crippen LogP contribution < -0.4 is 0 Å². The Morgan fingerprint density at radius 1 is 0.821 bits per heavy atom. The van der Waals surface area contributed by atoms with E-state index in [0.717, 1.165) is 12.8 Å². The summed E-state index contributed by atoms with van der Waals surface area (Å²) in [7, 11) is 0. The van der Waals surface area contributed by atoms with Crippen molar-refractivity contribution in [3.8, 4) is 0 Å². The van der Waals surface area contributed by atoms with Gasteiger partial charge < -0.3 is 24.8 Å². The van der Waals surface area contributed by atoms with Gasteiger partial charge in [-0.25, -0.2) is 0 Å². The summed E-state index contributed by atoms with van der Waals surface area (Å²) in [6.45, 7) is 2.60. The summed E-state index contributed by atoms with van der Waals surface area (Å²) >= 11 is 0. The van der Waals surface area contributed by atoms with Crippen LogP contribution >= 0.6 is 0 Å². The van der Waals surface area contributed by atoms with Crippen molar-refractivity contribution in [2.45, 2.75) is 115 Å². The lowest BCUT2D eigenvalue weighted by molar-refractivity contribution is -0.208. The van der Waals surface area contributed by atoms with Crippen LogP contribution in [-0.4, -0.2) is 59.6 Å². The Bertz CT molecular complexity index is 374. The Balaban J connectivity index is 1.82. The molecule has 0 saturated carbocycles. The first-order chi connectivity index (χ1) is 13.7. The molecule has 1 heterocycles. The molecule has 3 N–H and O–H groups in total. The molecule has 28 heavy (non-hydrogen) atoms. The third-order valence-corrected chi connectivity index (χ3v) is 5.60. The van der Waals surface area contributed by atoms with E-state index in [0.29, 0.717) is 6.61 Å². The summed E-state index contributed by atoms with van der Waals surface area (Å²) in [6.07, 6.45) is 17.9. The van der Waals surface area contributed by atoms with Gasteiger partial charge in [-0.3, -0.25) is 0 Å². The van der Waals surface area contributed by atoms with Gasteiger partial charge in [-0.15, -0.1) is 0 Å². The number of aliphatic hydroxyl groups excluding tert-OH is 3. The van der Waals surface area contributed by atoms with E-state index in [1.165, 1.54) is 70.6 Å². The summed E-state index contributed by atoms with van der Waals surface area (Å²) in [5.74, 6) is 0. The highest BCUT2D eigenvalue weighted by Crippen LogP contribution is 2.18. The van der Waals surface area contributed by atoms with Gasteiger partial charge in [0, 0.05) is 6.61 Å². The van der Waals surface area contributed by atoms with Crippen LogP contribution in [0.4, 0.5) is 0 Å². The lowest BCUT2D eigenvalue weighted by Crippen LogP contribution is -2.55. The SMILES string of the molecule is C/C=C/CCCCCCCCCCCCCCO[C@@H]1CO[C@@H](CO)[C@H](O)[C@H]1O. The average Bonchev–Trinajstić information content (AvgIpc) is 2.70. The molecule has 0 spiro atoms. The van der Waals surface area contributed by atoms with Gasteiger partial charge in [0.15, 0.2) is 0 Å². The maximum absolute atomic E-state index is 10.00. The van der Waals surface area contributed by atoms with Crippen molar-refractivity contribution in [3.63, 3.8) is 0 Å². The zero-order valence-corrected chi connectivity index (χ0v) is 17.9. The van der Waals surface area contributed by atoms with Gasteiger partial charge in [0.2, 0.25) is 0 Å². The van der Waals surface area contributed by atoms with Crippen LogP contribution in [0.15, 0.2) is 12.2 Å². The van der Waals surface area contributed by atoms with E-state index in [4.69, 9.17) is 14.6 Å². The summed E-state index contributed by atoms with van der Waals surface area (Å²) in [5.41, 5.74) is 0. The molecule has 0 aliphatic carbocycles. The number of allylic oxidation sites excluding steroid dienone is 2. The van der Waals surface area contributed by atoms with Crippen molar-refractivity contribution < 1.29 is 24.8 Å². The predicted molar refractivity (Wildman–Crippen MR) is 113 cm³/mol. The van der Waals surface area contributed by atoms with Gasteiger partial charge in [-0.1, -0.05) is 76.4 Å². The van der Waals surface area contributed by atoms with Gasteiger partial charge in [-0.2, -0.15) is 0 Å². The summed E-state index contributed by atoms with van der Waals surface area (Å²) in [5, 5.41) is 28.9. The highest BCUT2D eigenvalue weighted by molar-refractivity contribution is 4.87. The lowest BCUT2D eigenvalue weighted by Gasteiger charge is -2.36. The molecule has 5 nitrogen and oxygen atoms in total. The number of hydrogen-bond donors (Lipinski definition) is 3. The van der Waals surface area contributed by atoms with E-state index < -0.39 is 24.4 Å². The molecule has 1 fully saturated rings. The molecule has 0 unspecified atom stereocenters. The summed E-state index contributed by atoms with van der Waals surface area (Å²) in [4.78, 5) is 0. The quantitative estimate of drug-likeness (QED) is 0.253. The van der Waals surface area contributed by atoms with E-state index in [9.17, 15) is 10.2 Å². The normalized spacial score (nSPS) is 25.6. The van der Waals surface area contributed by atoms with Crippen molar-refractivity contribution in [2.75, 3.05) is 19.8 Å². The largest absolute Gasteiger partial charge is 0.394 e. The molecular formula is C23H44O5. The van der Waals surface area contributed by atoms with Crippen molar-refractivity contribution in [1.29, 1.82) is 0 Å². The van der Waals surface area contributed by atoms with Crippen molar-refractivity contribution in [3.05, 3.63) is 12.2 Å². The zero-order valence-electron chi connectivity index (χ0n) is 17.9. The molecular weight excluding hydrogens is 356 g/mol. The van der Waals surface area contributed by atoms with Crippen LogP contribution in [0, 0.1) is 0 Å². The van der Waals surface area contributed by atoms with E-state index >= 15 is 0 Å². The molecule has 0 aromatic rings. The van der Waals surface area contributed by atoms with Gasteiger partial charge in [0.25, 0.3) is 0 Å². The molecule has 0 aromatic heterocycles. The number of aliphatic hydroxyl groups is 3. The Morgan fingerprint density at radius 2 is 1.36 bits per heavy atom. The molecule has 1 aliphatic heterocycles. The molecule has 4 atom stereocenters. The number of rotatable bonds is 17. The van der Waals surface area contributed by atoms with Crippen molar-refractivity contribution in [2.24, 2.45) is 0 Å². The van der Waals surface area contributed by atoms with Gasteiger partial charge >= 0.3 is 0 Å². The second-order valence-corrected chi connectivity index (χ2v) is 8.05. The highest BCUT2D eigenvalue weighted by atomic mass is 16.6. The Kier molecular flexibility index (Phi) is 15.9. The third kappa shape index (κ3) is 11.5. The molecule has 0 radical (unpaired) electrons. The van der Waals surface area contributed by atoms with Crippen LogP contribution in [0.1, 0.15) is 90.4 Å². The highest BCUT2D eigenvalue weighted by Gasteiger charge is 2.38. The molecule has 1 rings (SSSR count). The van der Waals surface area contributed by atoms with Crippen LogP contribution in [0.5, 0.6) is 0 Å². The summed E-state index contributed by atoms with van der Waals surface area (Å²) < 4.78 is 11.0.